The van der Waals surface area contributed by atoms with E-state index in [1.807, 2.05) is 24.3 Å². The van der Waals surface area contributed by atoms with Gasteiger partial charge in [-0.15, -0.1) is 0 Å². The molecule has 0 amide bonds. The Bertz CT molecular complexity index is 694. The number of hydrogen-bond donors (Lipinski definition) is 0. The van der Waals surface area contributed by atoms with Gasteiger partial charge in [0.15, 0.2) is 0 Å². The molecule has 0 aliphatic rings. The van der Waals surface area contributed by atoms with E-state index < -0.39 is 0 Å². The largest absolute Gasteiger partial charge is 0.257 e. The maximum absolute atomic E-state index is 3.98. The topological polar surface area (TPSA) is 12.9 Å². The van der Waals surface area contributed by atoms with E-state index >= 15 is 0 Å². The summed E-state index contributed by atoms with van der Waals surface area (Å²) < 4.78 is 0. The lowest BCUT2D eigenvalue weighted by atomic mass is 10.1. The van der Waals surface area contributed by atoms with E-state index in [4.69, 9.17) is 0 Å². The summed E-state index contributed by atoms with van der Waals surface area (Å²) in [5, 5.41) is 2.55. The summed E-state index contributed by atoms with van der Waals surface area (Å²) >= 11 is 0. The predicted octanol–water partition coefficient (Wildman–Crippen LogP) is 5.21. The lowest BCUT2D eigenvalue weighted by molar-refractivity contribution is 1.30. The third-order valence-corrected chi connectivity index (χ3v) is 2.94. The molecule has 0 radical (unpaired) electrons. The van der Waals surface area contributed by atoms with Crippen LogP contribution in [0, 0.1) is 0 Å². The van der Waals surface area contributed by atoms with E-state index in [-0.39, 0.29) is 0 Å². The summed E-state index contributed by atoms with van der Waals surface area (Å²) in [4.78, 5) is 3.98. The molecule has 1 heterocycles. The summed E-state index contributed by atoms with van der Waals surface area (Å²) in [7, 11) is 0. The van der Waals surface area contributed by atoms with Crippen LogP contribution in [0.2, 0.25) is 0 Å². The molecule has 0 spiro atoms. The van der Waals surface area contributed by atoms with Crippen molar-refractivity contribution in [2.75, 3.05) is 0 Å². The third-order valence-electron chi connectivity index (χ3n) is 2.94. The van der Waals surface area contributed by atoms with Crippen LogP contribution in [0.4, 0.5) is 0 Å². The minimum atomic E-state index is 0.924. The van der Waals surface area contributed by atoms with Crippen LogP contribution >= 0.6 is 0 Å². The fourth-order valence-electron chi connectivity index (χ4n) is 1.93. The number of aromatic nitrogens is 1. The highest BCUT2D eigenvalue weighted by Crippen LogP contribution is 2.18. The maximum Gasteiger partial charge on any atom is 0.0623 e. The molecular formula is C19H17N. The first-order valence-electron chi connectivity index (χ1n) is 6.49. The van der Waals surface area contributed by atoms with Crippen LogP contribution in [0.3, 0.4) is 0 Å². The Balaban J connectivity index is 0.000000160. The van der Waals surface area contributed by atoms with Crippen molar-refractivity contribution in [1.29, 1.82) is 0 Å². The molecule has 1 nitrogen and oxygen atoms in total. The number of fused-ring (bicyclic) bond motifs is 1. The Kier molecular flexibility index (Phi) is 4.85. The highest BCUT2D eigenvalue weighted by Gasteiger charge is 1.93. The molecule has 0 atom stereocenters. The number of pyridine rings is 1. The average Bonchev–Trinajstić information content (AvgIpc) is 2.55. The van der Waals surface area contributed by atoms with Crippen LogP contribution in [0.1, 0.15) is 11.3 Å². The van der Waals surface area contributed by atoms with Crippen LogP contribution in [0.25, 0.3) is 22.9 Å². The molecule has 0 fully saturated rings. The van der Waals surface area contributed by atoms with E-state index in [1.54, 1.807) is 12.3 Å². The van der Waals surface area contributed by atoms with Gasteiger partial charge >= 0.3 is 0 Å². The highest BCUT2D eigenvalue weighted by molar-refractivity contribution is 5.90. The Morgan fingerprint density at radius 1 is 0.750 bits per heavy atom. The number of nitrogens with zero attached hydrogens (tertiary/aromatic N) is 1. The van der Waals surface area contributed by atoms with Crippen molar-refractivity contribution in [2.24, 2.45) is 0 Å². The first-order chi connectivity index (χ1) is 9.85. The fraction of sp³-hybridized carbons (Fsp3) is 0. The molecule has 0 saturated carbocycles. The second kappa shape index (κ2) is 7.05. The first-order valence-corrected chi connectivity index (χ1v) is 6.49. The van der Waals surface area contributed by atoms with Crippen molar-refractivity contribution >= 4 is 22.9 Å². The molecule has 0 unspecified atom stereocenters. The second-order valence-corrected chi connectivity index (χ2v) is 4.23. The molecule has 0 bridgehead atoms. The minimum Gasteiger partial charge on any atom is -0.257 e. The van der Waals surface area contributed by atoms with Crippen molar-refractivity contribution in [2.45, 2.75) is 0 Å². The quantitative estimate of drug-likeness (QED) is 0.615. The molecule has 3 aromatic rings. The van der Waals surface area contributed by atoms with Gasteiger partial charge in [0.1, 0.15) is 0 Å². The highest BCUT2D eigenvalue weighted by atomic mass is 14.6. The number of rotatable bonds is 2. The Morgan fingerprint density at radius 2 is 1.50 bits per heavy atom. The minimum absolute atomic E-state index is 0.924. The van der Waals surface area contributed by atoms with Gasteiger partial charge in [-0.3, -0.25) is 4.98 Å². The van der Waals surface area contributed by atoms with Gasteiger partial charge in [0, 0.05) is 6.20 Å². The SMILES string of the molecule is C=Cc1cccc2ccccc12.C=Cc1ccccn1. The van der Waals surface area contributed by atoms with Crippen molar-refractivity contribution < 1.29 is 0 Å². The van der Waals surface area contributed by atoms with Gasteiger partial charge in [0.2, 0.25) is 0 Å². The Hall–Kier alpha value is -2.67. The van der Waals surface area contributed by atoms with E-state index in [0.29, 0.717) is 0 Å². The molecule has 1 heteroatoms. The van der Waals surface area contributed by atoms with Gasteiger partial charge in [-0.25, -0.2) is 0 Å². The zero-order chi connectivity index (χ0) is 14.2. The molecule has 0 aliphatic heterocycles. The van der Waals surface area contributed by atoms with E-state index in [2.05, 4.69) is 60.6 Å². The van der Waals surface area contributed by atoms with Gasteiger partial charge in [0.25, 0.3) is 0 Å². The monoisotopic (exact) mass is 259 g/mol. The van der Waals surface area contributed by atoms with E-state index in [0.717, 1.165) is 5.69 Å². The predicted molar refractivity (Wildman–Crippen MR) is 88.4 cm³/mol. The molecule has 98 valence electrons. The van der Waals surface area contributed by atoms with Crippen molar-refractivity contribution in [3.8, 4) is 0 Å². The van der Waals surface area contributed by atoms with Gasteiger partial charge in [0.05, 0.1) is 5.69 Å². The van der Waals surface area contributed by atoms with Crippen molar-refractivity contribution in [1.82, 2.24) is 4.98 Å². The van der Waals surface area contributed by atoms with Gasteiger partial charge < -0.3 is 0 Å². The summed E-state index contributed by atoms with van der Waals surface area (Å²) in [6.45, 7) is 7.35. The number of hydrogen-bond acceptors (Lipinski definition) is 1. The van der Waals surface area contributed by atoms with E-state index in [9.17, 15) is 0 Å². The van der Waals surface area contributed by atoms with E-state index in [1.165, 1.54) is 16.3 Å². The zero-order valence-corrected chi connectivity index (χ0v) is 11.4. The normalized spacial score (nSPS) is 9.40. The van der Waals surface area contributed by atoms with Gasteiger partial charge in [-0.1, -0.05) is 67.8 Å². The molecule has 0 N–H and O–H groups in total. The molecule has 20 heavy (non-hydrogen) atoms. The summed E-state index contributed by atoms with van der Waals surface area (Å²) in [6, 6.07) is 20.3. The molecule has 3 rings (SSSR count). The molecular weight excluding hydrogens is 242 g/mol. The standard InChI is InChI=1S/C12H10.C7H7N/c1-2-10-7-5-8-11-6-3-4-9-12(10)11;1-2-7-5-3-4-6-8-7/h2-9H,1H2;2-6H,1H2. The lowest BCUT2D eigenvalue weighted by Crippen LogP contribution is -1.75. The Labute approximate surface area is 119 Å². The maximum atomic E-state index is 3.98. The molecule has 2 aromatic carbocycles. The van der Waals surface area contributed by atoms with Gasteiger partial charge in [-0.2, -0.15) is 0 Å². The van der Waals surface area contributed by atoms with Crippen LogP contribution < -0.4 is 0 Å². The average molecular weight is 259 g/mol. The smallest absolute Gasteiger partial charge is 0.0623 e. The summed E-state index contributed by atoms with van der Waals surface area (Å²) in [5.74, 6) is 0. The van der Waals surface area contributed by atoms with Crippen LogP contribution in [-0.4, -0.2) is 4.98 Å². The fourth-order valence-corrected chi connectivity index (χ4v) is 1.93. The van der Waals surface area contributed by atoms with Crippen LogP contribution in [-0.2, 0) is 0 Å². The van der Waals surface area contributed by atoms with Crippen LogP contribution in [0.5, 0.6) is 0 Å². The number of benzene rings is 2. The third kappa shape index (κ3) is 3.42. The molecule has 1 aromatic heterocycles. The van der Waals surface area contributed by atoms with Crippen molar-refractivity contribution in [3.05, 3.63) is 91.3 Å². The van der Waals surface area contributed by atoms with Gasteiger partial charge in [-0.05, 0) is 34.5 Å². The zero-order valence-electron chi connectivity index (χ0n) is 11.4. The van der Waals surface area contributed by atoms with Crippen LogP contribution in [0.15, 0.2) is 80.0 Å². The first kappa shape index (κ1) is 13.8. The van der Waals surface area contributed by atoms with Crippen molar-refractivity contribution in [3.63, 3.8) is 0 Å². The lowest BCUT2D eigenvalue weighted by Gasteiger charge is -1.99. The molecule has 0 saturated heterocycles. The summed E-state index contributed by atoms with van der Waals surface area (Å²) in [6.07, 6.45) is 5.36. The molecule has 0 aliphatic carbocycles. The Morgan fingerprint density at radius 3 is 2.15 bits per heavy atom. The second-order valence-electron chi connectivity index (χ2n) is 4.23. The summed E-state index contributed by atoms with van der Waals surface area (Å²) in [5.41, 5.74) is 2.13.